The van der Waals surface area contributed by atoms with Crippen molar-refractivity contribution in [3.05, 3.63) is 47.9 Å². The summed E-state index contributed by atoms with van der Waals surface area (Å²) in [5.74, 6) is 0.189. The van der Waals surface area contributed by atoms with Crippen LogP contribution in [0.5, 0.6) is 0 Å². The molecule has 8 heteroatoms. The van der Waals surface area contributed by atoms with Gasteiger partial charge in [0.1, 0.15) is 6.54 Å². The highest BCUT2D eigenvalue weighted by Gasteiger charge is 2.16. The largest absolute Gasteiger partial charge is 0.463 e. The number of benzene rings is 1. The van der Waals surface area contributed by atoms with Gasteiger partial charge in [0, 0.05) is 24.5 Å². The Morgan fingerprint density at radius 1 is 1.14 bits per heavy atom. The lowest BCUT2D eigenvalue weighted by Gasteiger charge is -2.28. The first-order valence-corrected chi connectivity index (χ1v) is 9.26. The summed E-state index contributed by atoms with van der Waals surface area (Å²) in [5, 5.41) is 2.91. The van der Waals surface area contributed by atoms with E-state index < -0.39 is 5.97 Å². The molecule has 1 aliphatic rings. The van der Waals surface area contributed by atoms with Gasteiger partial charge < -0.3 is 29.0 Å². The average Bonchev–Trinajstić information content (AvgIpc) is 3.16. The zero-order valence-electron chi connectivity index (χ0n) is 16.2. The Labute approximate surface area is 164 Å². The van der Waals surface area contributed by atoms with E-state index in [0.29, 0.717) is 12.3 Å². The summed E-state index contributed by atoms with van der Waals surface area (Å²) in [6, 6.07) is 11.1. The number of furan rings is 1. The summed E-state index contributed by atoms with van der Waals surface area (Å²) < 4.78 is 15.4. The molecule has 0 aliphatic carbocycles. The third-order valence-electron chi connectivity index (χ3n) is 4.51. The number of nitrogens with one attached hydrogen (secondary N) is 2. The second-order valence-electron chi connectivity index (χ2n) is 6.76. The molecule has 2 aromatic rings. The summed E-state index contributed by atoms with van der Waals surface area (Å²) in [7, 11) is 3.20. The van der Waals surface area contributed by atoms with Crippen molar-refractivity contribution < 1.29 is 28.4 Å². The predicted molar refractivity (Wildman–Crippen MR) is 104 cm³/mol. The molecule has 1 unspecified atom stereocenters. The van der Waals surface area contributed by atoms with Gasteiger partial charge in [0.2, 0.25) is 5.76 Å². The third kappa shape index (κ3) is 5.34. The molecule has 0 saturated carbocycles. The van der Waals surface area contributed by atoms with E-state index in [2.05, 4.69) is 15.0 Å². The van der Waals surface area contributed by atoms with Crippen LogP contribution in [0.3, 0.4) is 0 Å². The van der Waals surface area contributed by atoms with E-state index in [0.717, 1.165) is 42.6 Å². The highest BCUT2D eigenvalue weighted by molar-refractivity contribution is 5.91. The number of amides is 1. The molecule has 8 nitrogen and oxygen atoms in total. The Morgan fingerprint density at radius 3 is 2.54 bits per heavy atom. The number of morpholine rings is 1. The van der Waals surface area contributed by atoms with Crippen LogP contribution in [-0.4, -0.2) is 58.9 Å². The van der Waals surface area contributed by atoms with E-state index in [1.807, 2.05) is 31.3 Å². The summed E-state index contributed by atoms with van der Waals surface area (Å²) in [4.78, 5) is 26.9. The van der Waals surface area contributed by atoms with Crippen molar-refractivity contribution in [3.8, 4) is 0 Å². The molecule has 3 rings (SSSR count). The zero-order chi connectivity index (χ0) is 19.9. The van der Waals surface area contributed by atoms with Gasteiger partial charge in [-0.15, -0.1) is 0 Å². The van der Waals surface area contributed by atoms with Crippen LogP contribution < -0.4 is 15.1 Å². The van der Waals surface area contributed by atoms with E-state index in [-0.39, 0.29) is 18.2 Å². The topological polar surface area (TPSA) is 85.5 Å². The van der Waals surface area contributed by atoms with Crippen LogP contribution in [0.1, 0.15) is 16.3 Å². The van der Waals surface area contributed by atoms with Crippen molar-refractivity contribution in [2.75, 3.05) is 57.2 Å². The van der Waals surface area contributed by atoms with E-state index >= 15 is 0 Å². The van der Waals surface area contributed by atoms with Crippen molar-refractivity contribution in [2.45, 2.75) is 6.54 Å². The lowest BCUT2D eigenvalue weighted by atomic mass is 10.2. The molecule has 1 aromatic carbocycles. The van der Waals surface area contributed by atoms with Crippen molar-refractivity contribution in [1.29, 1.82) is 0 Å². The van der Waals surface area contributed by atoms with E-state index in [1.54, 1.807) is 12.1 Å². The molecule has 2 heterocycles. The number of likely N-dealkylation sites (N-methyl/N-ethyl adjacent to an activating group) is 1. The van der Waals surface area contributed by atoms with Crippen LogP contribution in [0.4, 0.5) is 11.4 Å². The zero-order valence-corrected chi connectivity index (χ0v) is 16.2. The second kappa shape index (κ2) is 9.38. The maximum absolute atomic E-state index is 12.3. The first-order chi connectivity index (χ1) is 13.5. The minimum absolute atomic E-state index is 0.0867. The van der Waals surface area contributed by atoms with Gasteiger partial charge in [-0.25, -0.2) is 4.79 Å². The number of hydrogen-bond acceptors (Lipinski definition) is 6. The molecule has 2 N–H and O–H groups in total. The van der Waals surface area contributed by atoms with E-state index in [9.17, 15) is 9.59 Å². The minimum atomic E-state index is -0.512. The van der Waals surface area contributed by atoms with Gasteiger partial charge in [-0.2, -0.15) is 0 Å². The molecule has 1 fully saturated rings. The number of anilines is 2. The molecule has 0 bridgehead atoms. The van der Waals surface area contributed by atoms with Crippen molar-refractivity contribution in [1.82, 2.24) is 0 Å². The Morgan fingerprint density at radius 2 is 1.86 bits per heavy atom. The predicted octanol–water partition coefficient (Wildman–Crippen LogP) is 0.556. The maximum Gasteiger partial charge on any atom is 0.373 e. The number of carbonyl (C=O) groups is 2. The van der Waals surface area contributed by atoms with Crippen LogP contribution in [-0.2, 0) is 20.8 Å². The van der Waals surface area contributed by atoms with Gasteiger partial charge in [0.25, 0.3) is 5.91 Å². The highest BCUT2D eigenvalue weighted by atomic mass is 16.5. The number of hydrogen-bond donors (Lipinski definition) is 2. The third-order valence-corrected chi connectivity index (χ3v) is 4.51. The Hall–Kier alpha value is -2.84. The molecular weight excluding hydrogens is 362 g/mol. The molecular formula is C20H26N3O5+. The van der Waals surface area contributed by atoms with Crippen LogP contribution in [0, 0.1) is 0 Å². The van der Waals surface area contributed by atoms with Crippen molar-refractivity contribution in [2.24, 2.45) is 0 Å². The first kappa shape index (κ1) is 19.9. The molecule has 1 atom stereocenters. The molecule has 1 saturated heterocycles. The lowest BCUT2D eigenvalue weighted by molar-refractivity contribution is -0.886. The Bertz CT molecular complexity index is 796. The summed E-state index contributed by atoms with van der Waals surface area (Å²) in [6.45, 7) is 4.00. The second-order valence-corrected chi connectivity index (χ2v) is 6.76. The quantitative estimate of drug-likeness (QED) is 0.674. The Balaban J connectivity index is 1.47. The van der Waals surface area contributed by atoms with Gasteiger partial charge in [-0.3, -0.25) is 4.79 Å². The fourth-order valence-corrected chi connectivity index (χ4v) is 3.10. The first-order valence-electron chi connectivity index (χ1n) is 9.26. The molecule has 150 valence electrons. The normalized spacial score (nSPS) is 15.1. The number of nitrogens with zero attached hydrogens (tertiary/aromatic N) is 1. The van der Waals surface area contributed by atoms with Crippen molar-refractivity contribution in [3.63, 3.8) is 0 Å². The molecule has 1 aromatic heterocycles. The van der Waals surface area contributed by atoms with Gasteiger partial charge in [-0.05, 0) is 36.4 Å². The maximum atomic E-state index is 12.3. The van der Waals surface area contributed by atoms with Gasteiger partial charge >= 0.3 is 5.97 Å². The molecule has 28 heavy (non-hydrogen) atoms. The molecule has 1 amide bonds. The van der Waals surface area contributed by atoms with Crippen LogP contribution in [0.25, 0.3) is 0 Å². The van der Waals surface area contributed by atoms with E-state index in [4.69, 9.17) is 9.15 Å². The number of esters is 1. The van der Waals surface area contributed by atoms with E-state index in [1.165, 1.54) is 7.11 Å². The average molecular weight is 388 g/mol. The number of quaternary nitrogens is 1. The fourth-order valence-electron chi connectivity index (χ4n) is 3.10. The molecule has 0 spiro atoms. The minimum Gasteiger partial charge on any atom is -0.463 e. The molecule has 1 aliphatic heterocycles. The van der Waals surface area contributed by atoms with Crippen LogP contribution in [0.15, 0.2) is 40.8 Å². The van der Waals surface area contributed by atoms with Crippen LogP contribution in [0.2, 0.25) is 0 Å². The van der Waals surface area contributed by atoms with Gasteiger partial charge in [0.15, 0.2) is 12.3 Å². The summed E-state index contributed by atoms with van der Waals surface area (Å²) in [6.07, 6.45) is 0. The standard InChI is InChI=1S/C20H25N3O5/c1-22(13-17-7-8-18(28-17)20(25)26-2)14-19(24)21-15-3-5-16(6-4-15)23-9-11-27-12-10-23/h3-8H,9-14H2,1-2H3,(H,21,24)/p+1. The van der Waals surface area contributed by atoms with Crippen molar-refractivity contribution >= 4 is 23.3 Å². The number of rotatable bonds is 7. The van der Waals surface area contributed by atoms with Gasteiger partial charge in [0.05, 0.1) is 27.4 Å². The Kier molecular flexibility index (Phi) is 6.67. The lowest BCUT2D eigenvalue weighted by Crippen LogP contribution is -3.08. The van der Waals surface area contributed by atoms with Gasteiger partial charge in [-0.1, -0.05) is 0 Å². The monoisotopic (exact) mass is 388 g/mol. The fraction of sp³-hybridized carbons (Fsp3) is 0.400. The smallest absolute Gasteiger partial charge is 0.373 e. The number of ether oxygens (including phenoxy) is 2. The SMILES string of the molecule is COC(=O)c1ccc(C[NH+](C)CC(=O)Nc2ccc(N3CCOCC3)cc2)o1. The number of carbonyl (C=O) groups excluding carboxylic acids is 2. The highest BCUT2D eigenvalue weighted by Crippen LogP contribution is 2.18. The molecule has 0 radical (unpaired) electrons. The summed E-state index contributed by atoms with van der Waals surface area (Å²) >= 11 is 0. The summed E-state index contributed by atoms with van der Waals surface area (Å²) in [5.41, 5.74) is 1.89. The van der Waals surface area contributed by atoms with Crippen LogP contribution >= 0.6 is 0 Å². The number of methoxy groups -OCH3 is 1.